The van der Waals surface area contributed by atoms with Crippen LogP contribution in [0.25, 0.3) is 6.08 Å². The number of carboxylic acids is 1. The first kappa shape index (κ1) is 24.0. The SMILES string of the molecule is CCOc1cccc(/C=C2\SC(=O)N(CC(=O)Nc3ccc4c(c3)OCO4)C2=O)c1OCC(=O)O. The van der Waals surface area contributed by atoms with Crippen LogP contribution in [0.5, 0.6) is 23.0 Å². The van der Waals surface area contributed by atoms with Gasteiger partial charge in [-0.25, -0.2) is 4.79 Å². The van der Waals surface area contributed by atoms with Crippen LogP contribution in [-0.2, 0) is 14.4 Å². The number of nitrogens with one attached hydrogen (secondary N) is 1. The van der Waals surface area contributed by atoms with Crippen molar-refractivity contribution >= 4 is 46.5 Å². The summed E-state index contributed by atoms with van der Waals surface area (Å²) in [5, 5.41) is 11.0. The van der Waals surface area contributed by atoms with Crippen molar-refractivity contribution in [2.75, 3.05) is 31.9 Å². The number of imide groups is 1. The molecule has 182 valence electrons. The third-order valence-corrected chi connectivity index (χ3v) is 5.67. The van der Waals surface area contributed by atoms with E-state index in [1.54, 1.807) is 43.3 Å². The van der Waals surface area contributed by atoms with E-state index in [-0.39, 0.29) is 17.4 Å². The molecule has 35 heavy (non-hydrogen) atoms. The van der Waals surface area contributed by atoms with Gasteiger partial charge in [0.15, 0.2) is 29.6 Å². The van der Waals surface area contributed by atoms with Crippen LogP contribution in [0.3, 0.4) is 0 Å². The summed E-state index contributed by atoms with van der Waals surface area (Å²) in [5.41, 5.74) is 0.780. The normalized spacial score (nSPS) is 15.5. The highest BCUT2D eigenvalue weighted by Gasteiger charge is 2.36. The number of amides is 3. The quantitative estimate of drug-likeness (QED) is 0.494. The molecule has 0 unspecified atom stereocenters. The molecule has 0 aliphatic carbocycles. The number of thioether (sulfide) groups is 1. The first-order valence-electron chi connectivity index (χ1n) is 10.4. The second kappa shape index (κ2) is 10.4. The average Bonchev–Trinajstić information content (AvgIpc) is 3.38. The lowest BCUT2D eigenvalue weighted by atomic mass is 10.1. The van der Waals surface area contributed by atoms with Gasteiger partial charge in [-0.05, 0) is 43.0 Å². The van der Waals surface area contributed by atoms with Gasteiger partial charge in [0, 0.05) is 17.3 Å². The number of ether oxygens (including phenoxy) is 4. The summed E-state index contributed by atoms with van der Waals surface area (Å²) >= 11 is 0.663. The second-order valence-electron chi connectivity index (χ2n) is 7.17. The maximum Gasteiger partial charge on any atom is 0.341 e. The number of anilines is 1. The molecule has 0 bridgehead atoms. The molecule has 2 N–H and O–H groups in total. The van der Waals surface area contributed by atoms with Crippen LogP contribution >= 0.6 is 11.8 Å². The number of carbonyl (C=O) groups excluding carboxylic acids is 3. The highest BCUT2D eigenvalue weighted by atomic mass is 32.2. The Morgan fingerprint density at radius 2 is 1.97 bits per heavy atom. The number of carbonyl (C=O) groups is 4. The van der Waals surface area contributed by atoms with E-state index in [0.717, 1.165) is 4.90 Å². The summed E-state index contributed by atoms with van der Waals surface area (Å²) in [4.78, 5) is 49.7. The topological polar surface area (TPSA) is 141 Å². The molecule has 1 saturated heterocycles. The van der Waals surface area contributed by atoms with Gasteiger partial charge in [0.1, 0.15) is 6.54 Å². The lowest BCUT2D eigenvalue weighted by Crippen LogP contribution is -2.36. The van der Waals surface area contributed by atoms with Gasteiger partial charge in [0.2, 0.25) is 12.7 Å². The molecule has 0 saturated carbocycles. The Bertz CT molecular complexity index is 1230. The van der Waals surface area contributed by atoms with E-state index in [9.17, 15) is 19.2 Å². The number of fused-ring (bicyclic) bond motifs is 1. The number of hydrogen-bond acceptors (Lipinski definition) is 9. The molecular weight excluding hydrogens is 480 g/mol. The maximum absolute atomic E-state index is 12.9. The van der Waals surface area contributed by atoms with E-state index >= 15 is 0 Å². The molecule has 1 fully saturated rings. The molecule has 2 heterocycles. The zero-order valence-corrected chi connectivity index (χ0v) is 19.3. The largest absolute Gasteiger partial charge is 0.490 e. The van der Waals surface area contributed by atoms with Crippen LogP contribution in [0.1, 0.15) is 12.5 Å². The predicted octanol–water partition coefficient (Wildman–Crippen LogP) is 2.95. The summed E-state index contributed by atoms with van der Waals surface area (Å²) in [7, 11) is 0. The van der Waals surface area contributed by atoms with Crippen molar-refractivity contribution in [2.45, 2.75) is 6.92 Å². The summed E-state index contributed by atoms with van der Waals surface area (Å²) in [6.45, 7) is 1.05. The summed E-state index contributed by atoms with van der Waals surface area (Å²) in [6, 6.07) is 9.68. The molecule has 2 aliphatic rings. The minimum atomic E-state index is -1.18. The number of nitrogens with zero attached hydrogens (tertiary/aromatic N) is 1. The monoisotopic (exact) mass is 500 g/mol. The van der Waals surface area contributed by atoms with Crippen LogP contribution in [0.4, 0.5) is 10.5 Å². The molecule has 0 radical (unpaired) electrons. The van der Waals surface area contributed by atoms with Gasteiger partial charge in [0.25, 0.3) is 11.1 Å². The van der Waals surface area contributed by atoms with Crippen LogP contribution in [0, 0.1) is 0 Å². The first-order chi connectivity index (χ1) is 16.9. The number of benzene rings is 2. The van der Waals surface area contributed by atoms with Gasteiger partial charge in [0.05, 0.1) is 11.5 Å². The standard InChI is InChI=1S/C23H20N2O9S/c1-2-31-16-5-3-4-13(21(16)32-11-20(27)28)8-18-22(29)25(23(30)35-18)10-19(26)24-14-6-7-15-17(9-14)34-12-33-15/h3-9H,2,10-12H2,1H3,(H,24,26)(H,27,28)/b18-8-. The van der Waals surface area contributed by atoms with E-state index in [2.05, 4.69) is 5.32 Å². The molecule has 11 nitrogen and oxygen atoms in total. The third kappa shape index (κ3) is 5.49. The number of rotatable bonds is 9. The van der Waals surface area contributed by atoms with Crippen molar-refractivity contribution in [1.29, 1.82) is 0 Å². The lowest BCUT2D eigenvalue weighted by Gasteiger charge is -2.14. The third-order valence-electron chi connectivity index (χ3n) is 4.77. The predicted molar refractivity (Wildman–Crippen MR) is 125 cm³/mol. The highest BCUT2D eigenvalue weighted by molar-refractivity contribution is 8.18. The van der Waals surface area contributed by atoms with Crippen molar-refractivity contribution in [3.63, 3.8) is 0 Å². The van der Waals surface area contributed by atoms with Gasteiger partial charge in [-0.1, -0.05) is 12.1 Å². The van der Waals surface area contributed by atoms with E-state index in [1.807, 2.05) is 0 Å². The Morgan fingerprint density at radius 3 is 2.74 bits per heavy atom. The summed E-state index contributed by atoms with van der Waals surface area (Å²) in [6.07, 6.45) is 1.40. The Morgan fingerprint density at radius 1 is 1.17 bits per heavy atom. The molecule has 4 rings (SSSR count). The van der Waals surface area contributed by atoms with E-state index in [4.69, 9.17) is 24.1 Å². The summed E-state index contributed by atoms with van der Waals surface area (Å²) in [5.74, 6) is -0.959. The van der Waals surface area contributed by atoms with Gasteiger partial charge in [-0.15, -0.1) is 0 Å². The minimum absolute atomic E-state index is 0.0553. The minimum Gasteiger partial charge on any atom is -0.490 e. The smallest absolute Gasteiger partial charge is 0.341 e. The van der Waals surface area contributed by atoms with Crippen molar-refractivity contribution < 1.29 is 43.2 Å². The van der Waals surface area contributed by atoms with Crippen molar-refractivity contribution in [1.82, 2.24) is 4.90 Å². The Kier molecular flexibility index (Phi) is 7.11. The molecule has 12 heteroatoms. The van der Waals surface area contributed by atoms with Gasteiger partial charge in [-0.3, -0.25) is 19.3 Å². The lowest BCUT2D eigenvalue weighted by molar-refractivity contribution is -0.139. The molecule has 0 spiro atoms. The number of carboxylic acid groups (broad SMARTS) is 1. The van der Waals surface area contributed by atoms with Gasteiger partial charge in [-0.2, -0.15) is 0 Å². The molecular formula is C23H20N2O9S. The second-order valence-corrected chi connectivity index (χ2v) is 8.17. The van der Waals surface area contributed by atoms with Crippen LogP contribution < -0.4 is 24.3 Å². The average molecular weight is 500 g/mol. The molecule has 2 aromatic rings. The Labute approximate surface area is 203 Å². The fraction of sp³-hybridized carbons (Fsp3) is 0.217. The molecule has 2 aliphatic heterocycles. The van der Waals surface area contributed by atoms with Crippen molar-refractivity contribution in [2.24, 2.45) is 0 Å². The highest BCUT2D eigenvalue weighted by Crippen LogP contribution is 2.38. The van der Waals surface area contributed by atoms with Crippen molar-refractivity contribution in [3.8, 4) is 23.0 Å². The number of hydrogen-bond donors (Lipinski definition) is 2. The zero-order valence-electron chi connectivity index (χ0n) is 18.4. The van der Waals surface area contributed by atoms with E-state index < -0.39 is 36.2 Å². The first-order valence-corrected chi connectivity index (χ1v) is 11.2. The fourth-order valence-corrected chi connectivity index (χ4v) is 4.13. The molecule has 0 aromatic heterocycles. The maximum atomic E-state index is 12.9. The van der Waals surface area contributed by atoms with Gasteiger partial charge >= 0.3 is 5.97 Å². The Balaban J connectivity index is 1.49. The number of para-hydroxylation sites is 1. The molecule has 0 atom stereocenters. The van der Waals surface area contributed by atoms with Crippen LogP contribution in [-0.4, -0.2) is 59.6 Å². The Hall–Kier alpha value is -4.19. The van der Waals surface area contributed by atoms with Gasteiger partial charge < -0.3 is 29.4 Å². The molecule has 3 amide bonds. The molecule has 2 aromatic carbocycles. The van der Waals surface area contributed by atoms with Crippen LogP contribution in [0.15, 0.2) is 41.3 Å². The fourth-order valence-electron chi connectivity index (χ4n) is 3.30. The van der Waals surface area contributed by atoms with E-state index in [0.29, 0.717) is 46.9 Å². The van der Waals surface area contributed by atoms with Crippen molar-refractivity contribution in [3.05, 3.63) is 46.9 Å². The summed E-state index contributed by atoms with van der Waals surface area (Å²) < 4.78 is 21.4. The van der Waals surface area contributed by atoms with E-state index in [1.165, 1.54) is 6.08 Å². The number of aliphatic carboxylic acids is 1. The van der Waals surface area contributed by atoms with Crippen LogP contribution in [0.2, 0.25) is 0 Å². The zero-order chi connectivity index (χ0) is 24.9.